The number of nitrogens with one attached hydrogen (secondary N) is 1. The zero-order valence-electron chi connectivity index (χ0n) is 12.3. The molecular formula is C17H17N3O2. The standard InChI is InChI=1S/C17H17N3O2/c1-10-8-19-20-17(11-2-4-12(18)5-3-11)14-7-16-15(6-13(10)14)21-9-22-16/h2-7,10,19H,8-9,18H2,1H3. The normalized spacial score (nSPS) is 19.0. The summed E-state index contributed by atoms with van der Waals surface area (Å²) in [5, 5.41) is 4.57. The lowest BCUT2D eigenvalue weighted by Gasteiger charge is -2.14. The molecule has 0 aliphatic carbocycles. The Morgan fingerprint density at radius 2 is 1.86 bits per heavy atom. The predicted octanol–water partition coefficient (Wildman–Crippen LogP) is 2.46. The number of nitrogens with two attached hydrogens (primary N) is 1. The summed E-state index contributed by atoms with van der Waals surface area (Å²) >= 11 is 0. The molecule has 22 heavy (non-hydrogen) atoms. The molecule has 4 rings (SSSR count). The van der Waals surface area contributed by atoms with Crippen molar-refractivity contribution < 1.29 is 9.47 Å². The summed E-state index contributed by atoms with van der Waals surface area (Å²) in [6, 6.07) is 11.8. The fourth-order valence-corrected chi connectivity index (χ4v) is 2.86. The number of nitrogens with zero attached hydrogens (tertiary/aromatic N) is 1. The van der Waals surface area contributed by atoms with Crippen LogP contribution in [0.4, 0.5) is 5.69 Å². The average molecular weight is 295 g/mol. The van der Waals surface area contributed by atoms with Gasteiger partial charge in [-0.05, 0) is 29.8 Å². The van der Waals surface area contributed by atoms with Gasteiger partial charge in [-0.2, -0.15) is 5.10 Å². The topological polar surface area (TPSA) is 68.9 Å². The minimum atomic E-state index is 0.277. The minimum absolute atomic E-state index is 0.277. The monoisotopic (exact) mass is 295 g/mol. The van der Waals surface area contributed by atoms with Crippen LogP contribution in [0.5, 0.6) is 11.5 Å². The summed E-state index contributed by atoms with van der Waals surface area (Å²) in [7, 11) is 0. The zero-order chi connectivity index (χ0) is 15.1. The van der Waals surface area contributed by atoms with Gasteiger partial charge in [0.25, 0.3) is 0 Å². The van der Waals surface area contributed by atoms with E-state index in [4.69, 9.17) is 15.2 Å². The van der Waals surface area contributed by atoms with Gasteiger partial charge in [0.05, 0.1) is 5.71 Å². The Balaban J connectivity index is 1.89. The Hall–Kier alpha value is -2.69. The highest BCUT2D eigenvalue weighted by Gasteiger charge is 2.25. The first kappa shape index (κ1) is 13.0. The van der Waals surface area contributed by atoms with Gasteiger partial charge in [0.15, 0.2) is 11.5 Å². The van der Waals surface area contributed by atoms with Crippen LogP contribution in [0.15, 0.2) is 41.5 Å². The SMILES string of the molecule is CC1CNN=C(c2ccc(N)cc2)c2cc3c(cc21)OCO3. The molecule has 112 valence electrons. The van der Waals surface area contributed by atoms with Gasteiger partial charge >= 0.3 is 0 Å². The first-order valence-corrected chi connectivity index (χ1v) is 7.33. The number of ether oxygens (including phenoxy) is 2. The van der Waals surface area contributed by atoms with E-state index < -0.39 is 0 Å². The van der Waals surface area contributed by atoms with Gasteiger partial charge in [-0.15, -0.1) is 0 Å². The molecule has 1 atom stereocenters. The maximum absolute atomic E-state index is 5.79. The molecule has 2 heterocycles. The number of hydrazone groups is 1. The highest BCUT2D eigenvalue weighted by atomic mass is 16.7. The number of hydrogen-bond donors (Lipinski definition) is 2. The molecule has 0 radical (unpaired) electrons. The molecule has 5 nitrogen and oxygen atoms in total. The summed E-state index contributed by atoms with van der Waals surface area (Å²) in [4.78, 5) is 0. The van der Waals surface area contributed by atoms with Crippen LogP contribution in [-0.2, 0) is 0 Å². The van der Waals surface area contributed by atoms with Crippen LogP contribution in [0.2, 0.25) is 0 Å². The van der Waals surface area contributed by atoms with Crippen LogP contribution < -0.4 is 20.6 Å². The van der Waals surface area contributed by atoms with E-state index in [1.54, 1.807) is 0 Å². The van der Waals surface area contributed by atoms with Crippen LogP contribution in [0, 0.1) is 0 Å². The molecule has 5 heteroatoms. The molecule has 3 N–H and O–H groups in total. The molecule has 0 spiro atoms. The van der Waals surface area contributed by atoms with Crippen molar-refractivity contribution in [3.63, 3.8) is 0 Å². The van der Waals surface area contributed by atoms with Crippen molar-refractivity contribution in [2.75, 3.05) is 19.1 Å². The Labute approximate surface area is 128 Å². The second kappa shape index (κ2) is 4.94. The summed E-state index contributed by atoms with van der Waals surface area (Å²) in [6.07, 6.45) is 0. The van der Waals surface area contributed by atoms with Crippen molar-refractivity contribution in [1.29, 1.82) is 0 Å². The lowest BCUT2D eigenvalue weighted by atomic mass is 9.90. The summed E-state index contributed by atoms with van der Waals surface area (Å²) in [5.41, 5.74) is 13.9. The summed E-state index contributed by atoms with van der Waals surface area (Å²) < 4.78 is 11.0. The molecule has 0 saturated heterocycles. The van der Waals surface area contributed by atoms with E-state index in [0.29, 0.717) is 5.92 Å². The number of hydrogen-bond acceptors (Lipinski definition) is 5. The molecule has 2 aliphatic heterocycles. The van der Waals surface area contributed by atoms with Crippen molar-refractivity contribution in [1.82, 2.24) is 5.43 Å². The van der Waals surface area contributed by atoms with E-state index in [9.17, 15) is 0 Å². The van der Waals surface area contributed by atoms with Gasteiger partial charge in [0, 0.05) is 29.3 Å². The number of rotatable bonds is 1. The van der Waals surface area contributed by atoms with Crippen LogP contribution in [-0.4, -0.2) is 19.0 Å². The van der Waals surface area contributed by atoms with Crippen molar-refractivity contribution in [2.24, 2.45) is 5.10 Å². The summed E-state index contributed by atoms with van der Waals surface area (Å²) in [5.74, 6) is 1.92. The number of fused-ring (bicyclic) bond motifs is 2. The van der Waals surface area contributed by atoms with Crippen LogP contribution in [0.3, 0.4) is 0 Å². The van der Waals surface area contributed by atoms with Crippen LogP contribution in [0.25, 0.3) is 0 Å². The second-order valence-corrected chi connectivity index (χ2v) is 5.64. The molecule has 0 amide bonds. The third-order valence-electron chi connectivity index (χ3n) is 4.10. The predicted molar refractivity (Wildman–Crippen MR) is 85.5 cm³/mol. The van der Waals surface area contributed by atoms with Crippen LogP contribution >= 0.6 is 0 Å². The Bertz CT molecular complexity index is 753. The maximum Gasteiger partial charge on any atom is 0.231 e. The molecular weight excluding hydrogens is 278 g/mol. The van der Waals surface area contributed by atoms with E-state index in [1.807, 2.05) is 30.3 Å². The minimum Gasteiger partial charge on any atom is -0.454 e. The Morgan fingerprint density at radius 3 is 2.64 bits per heavy atom. The van der Waals surface area contributed by atoms with Crippen molar-refractivity contribution in [3.8, 4) is 11.5 Å². The first-order chi connectivity index (χ1) is 10.7. The molecule has 2 aliphatic rings. The summed E-state index contributed by atoms with van der Waals surface area (Å²) in [6.45, 7) is 3.24. The van der Waals surface area contributed by atoms with E-state index in [2.05, 4.69) is 23.5 Å². The average Bonchev–Trinajstić information content (AvgIpc) is 2.92. The molecule has 2 aromatic carbocycles. The maximum atomic E-state index is 5.79. The largest absolute Gasteiger partial charge is 0.454 e. The van der Waals surface area contributed by atoms with Gasteiger partial charge in [0.1, 0.15) is 0 Å². The van der Waals surface area contributed by atoms with Gasteiger partial charge in [-0.1, -0.05) is 19.1 Å². The molecule has 0 bridgehead atoms. The smallest absolute Gasteiger partial charge is 0.231 e. The van der Waals surface area contributed by atoms with Gasteiger partial charge < -0.3 is 20.6 Å². The van der Waals surface area contributed by atoms with Gasteiger partial charge in [-0.3, -0.25) is 0 Å². The van der Waals surface area contributed by atoms with Gasteiger partial charge in [0.2, 0.25) is 6.79 Å². The van der Waals surface area contributed by atoms with Crippen molar-refractivity contribution in [3.05, 3.63) is 53.1 Å². The van der Waals surface area contributed by atoms with E-state index in [0.717, 1.165) is 40.6 Å². The van der Waals surface area contributed by atoms with E-state index in [1.165, 1.54) is 5.56 Å². The van der Waals surface area contributed by atoms with Crippen molar-refractivity contribution >= 4 is 11.4 Å². The number of benzene rings is 2. The number of anilines is 1. The Kier molecular flexibility index (Phi) is 2.92. The fraction of sp³-hybridized carbons (Fsp3) is 0.235. The highest BCUT2D eigenvalue weighted by Crippen LogP contribution is 2.38. The zero-order valence-corrected chi connectivity index (χ0v) is 12.3. The van der Waals surface area contributed by atoms with Gasteiger partial charge in [-0.25, -0.2) is 0 Å². The third-order valence-corrected chi connectivity index (χ3v) is 4.10. The quantitative estimate of drug-likeness (QED) is 0.793. The molecule has 0 saturated carbocycles. The van der Waals surface area contributed by atoms with E-state index in [-0.39, 0.29) is 6.79 Å². The fourth-order valence-electron chi connectivity index (χ4n) is 2.86. The van der Waals surface area contributed by atoms with Crippen LogP contribution in [0.1, 0.15) is 29.5 Å². The lowest BCUT2D eigenvalue weighted by Crippen LogP contribution is -2.12. The highest BCUT2D eigenvalue weighted by molar-refractivity contribution is 6.14. The molecule has 1 unspecified atom stereocenters. The first-order valence-electron chi connectivity index (χ1n) is 7.33. The third kappa shape index (κ3) is 2.06. The Morgan fingerprint density at radius 1 is 1.14 bits per heavy atom. The molecule has 0 aromatic heterocycles. The second-order valence-electron chi connectivity index (χ2n) is 5.64. The molecule has 2 aromatic rings. The molecule has 0 fully saturated rings. The number of nitrogen functional groups attached to an aromatic ring is 1. The van der Waals surface area contributed by atoms with Crippen molar-refractivity contribution in [2.45, 2.75) is 12.8 Å². The lowest BCUT2D eigenvalue weighted by molar-refractivity contribution is 0.174. The van der Waals surface area contributed by atoms with E-state index >= 15 is 0 Å².